The molecule has 6 heteroatoms. The minimum atomic E-state index is -0.193. The van der Waals surface area contributed by atoms with Crippen molar-refractivity contribution in [2.24, 2.45) is 0 Å². The first-order valence-electron chi connectivity index (χ1n) is 10.5. The molecule has 0 radical (unpaired) electrons. The molecule has 0 fully saturated rings. The fraction of sp³-hybridized carbons (Fsp3) is 0.320. The summed E-state index contributed by atoms with van der Waals surface area (Å²) < 4.78 is 2.19. The van der Waals surface area contributed by atoms with E-state index in [-0.39, 0.29) is 24.8 Å². The molecule has 1 N–H and O–H groups in total. The normalized spacial score (nSPS) is 11.0. The first-order valence-corrected chi connectivity index (χ1v) is 10.5. The summed E-state index contributed by atoms with van der Waals surface area (Å²) in [5.74, 6) is 0.344. The standard InChI is InChI=1S/C25H30N4O2/c1-18-10-12-26-24(14-18)27-25(31)17-28(4)16-23(30)22-15-19(2)29(20(22)3)13-11-21-8-6-5-7-9-21/h5-10,12,14-15H,11,13,16-17H2,1-4H3,(H,26,27,31). The molecule has 2 aromatic heterocycles. The van der Waals surface area contributed by atoms with Gasteiger partial charge in [0.15, 0.2) is 5.78 Å². The monoisotopic (exact) mass is 418 g/mol. The number of ketones is 1. The van der Waals surface area contributed by atoms with Crippen molar-refractivity contribution >= 4 is 17.5 Å². The molecule has 162 valence electrons. The molecule has 0 aliphatic carbocycles. The molecule has 1 amide bonds. The topological polar surface area (TPSA) is 67.2 Å². The number of aromatic nitrogens is 2. The minimum absolute atomic E-state index is 0.0167. The van der Waals surface area contributed by atoms with Gasteiger partial charge in [-0.1, -0.05) is 30.3 Å². The smallest absolute Gasteiger partial charge is 0.239 e. The Kier molecular flexibility index (Phi) is 7.36. The van der Waals surface area contributed by atoms with Gasteiger partial charge in [-0.25, -0.2) is 4.98 Å². The van der Waals surface area contributed by atoms with Crippen LogP contribution in [-0.2, 0) is 17.8 Å². The number of likely N-dealkylation sites (N-methyl/N-ethyl adjacent to an activating group) is 1. The van der Waals surface area contributed by atoms with Gasteiger partial charge in [0.2, 0.25) is 5.91 Å². The zero-order valence-electron chi connectivity index (χ0n) is 18.7. The predicted molar refractivity (Wildman–Crippen MR) is 123 cm³/mol. The summed E-state index contributed by atoms with van der Waals surface area (Å²) in [6.07, 6.45) is 2.57. The van der Waals surface area contributed by atoms with Gasteiger partial charge < -0.3 is 9.88 Å². The number of Topliss-reactive ketones (excluding diaryl/α,β-unsaturated/α-hetero) is 1. The Hall–Kier alpha value is -3.25. The second kappa shape index (κ2) is 10.2. The van der Waals surface area contributed by atoms with Crippen molar-refractivity contribution in [3.05, 3.63) is 82.8 Å². The predicted octanol–water partition coefficient (Wildman–Crippen LogP) is 3.80. The largest absolute Gasteiger partial charge is 0.348 e. The molecule has 1 aromatic carbocycles. The molecule has 6 nitrogen and oxygen atoms in total. The molecule has 0 bridgehead atoms. The Morgan fingerprint density at radius 2 is 1.77 bits per heavy atom. The van der Waals surface area contributed by atoms with Crippen LogP contribution in [0.1, 0.15) is 32.9 Å². The van der Waals surface area contributed by atoms with Gasteiger partial charge in [-0.15, -0.1) is 0 Å². The lowest BCUT2D eigenvalue weighted by Crippen LogP contribution is -2.34. The number of nitrogens with one attached hydrogen (secondary N) is 1. The number of aryl methyl sites for hydroxylation is 3. The molecule has 3 aromatic rings. The number of nitrogens with zero attached hydrogens (tertiary/aromatic N) is 3. The van der Waals surface area contributed by atoms with Crippen LogP contribution in [0.3, 0.4) is 0 Å². The highest BCUT2D eigenvalue weighted by Crippen LogP contribution is 2.17. The van der Waals surface area contributed by atoms with E-state index >= 15 is 0 Å². The van der Waals surface area contributed by atoms with E-state index < -0.39 is 0 Å². The van der Waals surface area contributed by atoms with Crippen LogP contribution < -0.4 is 5.32 Å². The highest BCUT2D eigenvalue weighted by molar-refractivity contribution is 5.99. The van der Waals surface area contributed by atoms with E-state index in [2.05, 4.69) is 27.0 Å². The second-order valence-electron chi connectivity index (χ2n) is 8.03. The third-order valence-corrected chi connectivity index (χ3v) is 5.35. The van der Waals surface area contributed by atoms with E-state index in [1.165, 1.54) is 5.56 Å². The van der Waals surface area contributed by atoms with Gasteiger partial charge in [-0.3, -0.25) is 14.5 Å². The average Bonchev–Trinajstić information content (AvgIpc) is 3.00. The highest BCUT2D eigenvalue weighted by Gasteiger charge is 2.18. The highest BCUT2D eigenvalue weighted by atomic mass is 16.2. The lowest BCUT2D eigenvalue weighted by atomic mass is 10.1. The van der Waals surface area contributed by atoms with Gasteiger partial charge >= 0.3 is 0 Å². The third kappa shape index (κ3) is 6.12. The number of benzene rings is 1. The number of amides is 1. The van der Waals surface area contributed by atoms with Crippen molar-refractivity contribution in [2.45, 2.75) is 33.7 Å². The maximum Gasteiger partial charge on any atom is 0.239 e. The van der Waals surface area contributed by atoms with E-state index in [1.807, 2.05) is 57.2 Å². The van der Waals surface area contributed by atoms with Crippen LogP contribution in [0.25, 0.3) is 0 Å². The van der Waals surface area contributed by atoms with Crippen LogP contribution in [-0.4, -0.2) is 46.3 Å². The van der Waals surface area contributed by atoms with Crippen molar-refractivity contribution in [3.8, 4) is 0 Å². The minimum Gasteiger partial charge on any atom is -0.348 e. The third-order valence-electron chi connectivity index (χ3n) is 5.35. The summed E-state index contributed by atoms with van der Waals surface area (Å²) in [4.78, 5) is 31.1. The fourth-order valence-electron chi connectivity index (χ4n) is 3.73. The van der Waals surface area contributed by atoms with Gasteiger partial charge in [0, 0.05) is 29.7 Å². The Morgan fingerprint density at radius 3 is 2.48 bits per heavy atom. The molecule has 0 atom stereocenters. The van der Waals surface area contributed by atoms with E-state index in [1.54, 1.807) is 18.1 Å². The second-order valence-corrected chi connectivity index (χ2v) is 8.03. The van der Waals surface area contributed by atoms with Crippen LogP contribution in [0.5, 0.6) is 0 Å². The zero-order chi connectivity index (χ0) is 22.4. The summed E-state index contributed by atoms with van der Waals surface area (Å²) in [5, 5.41) is 2.78. The van der Waals surface area contributed by atoms with E-state index in [9.17, 15) is 9.59 Å². The molecular formula is C25H30N4O2. The Bertz CT molecular complexity index is 1060. The molecule has 0 spiro atoms. The molecule has 0 saturated heterocycles. The quantitative estimate of drug-likeness (QED) is 0.537. The van der Waals surface area contributed by atoms with Crippen molar-refractivity contribution in [1.82, 2.24) is 14.5 Å². The summed E-state index contributed by atoms with van der Waals surface area (Å²) in [5.41, 5.74) is 5.06. The molecule has 0 aliphatic heterocycles. The lowest BCUT2D eigenvalue weighted by molar-refractivity contribution is -0.116. The van der Waals surface area contributed by atoms with Crippen LogP contribution in [0.2, 0.25) is 0 Å². The first kappa shape index (κ1) is 22.4. The number of pyridine rings is 1. The Balaban J connectivity index is 1.57. The SMILES string of the molecule is Cc1ccnc(NC(=O)CN(C)CC(=O)c2cc(C)n(CCc3ccccc3)c2C)c1. The molecule has 2 heterocycles. The van der Waals surface area contributed by atoms with Crippen molar-refractivity contribution in [2.75, 3.05) is 25.5 Å². The van der Waals surface area contributed by atoms with Crippen molar-refractivity contribution in [1.29, 1.82) is 0 Å². The van der Waals surface area contributed by atoms with Gasteiger partial charge in [0.05, 0.1) is 13.1 Å². The summed E-state index contributed by atoms with van der Waals surface area (Å²) >= 11 is 0. The average molecular weight is 419 g/mol. The summed E-state index contributed by atoms with van der Waals surface area (Å²) in [7, 11) is 1.77. The fourth-order valence-corrected chi connectivity index (χ4v) is 3.73. The number of carbonyl (C=O) groups excluding carboxylic acids is 2. The van der Waals surface area contributed by atoms with Crippen LogP contribution in [0.15, 0.2) is 54.7 Å². The summed E-state index contributed by atoms with van der Waals surface area (Å²) in [6.45, 7) is 7.09. The van der Waals surface area contributed by atoms with Crippen LogP contribution in [0.4, 0.5) is 5.82 Å². The number of hydrogen-bond acceptors (Lipinski definition) is 4. The number of anilines is 1. The molecule has 0 unspecified atom stereocenters. The molecular weight excluding hydrogens is 388 g/mol. The van der Waals surface area contributed by atoms with Gasteiger partial charge in [-0.05, 0) is 63.6 Å². The van der Waals surface area contributed by atoms with Crippen LogP contribution in [0, 0.1) is 20.8 Å². The maximum absolute atomic E-state index is 12.9. The van der Waals surface area contributed by atoms with E-state index in [4.69, 9.17) is 0 Å². The van der Waals surface area contributed by atoms with Crippen LogP contribution >= 0.6 is 0 Å². The van der Waals surface area contributed by atoms with E-state index in [0.29, 0.717) is 5.82 Å². The molecule has 31 heavy (non-hydrogen) atoms. The zero-order valence-corrected chi connectivity index (χ0v) is 18.7. The lowest BCUT2D eigenvalue weighted by Gasteiger charge is -2.15. The van der Waals surface area contributed by atoms with Gasteiger partial charge in [0.1, 0.15) is 5.82 Å². The molecule has 0 saturated carbocycles. The van der Waals surface area contributed by atoms with Gasteiger partial charge in [-0.2, -0.15) is 0 Å². The summed E-state index contributed by atoms with van der Waals surface area (Å²) in [6, 6.07) is 16.0. The Morgan fingerprint density at radius 1 is 1.03 bits per heavy atom. The number of carbonyl (C=O) groups is 2. The van der Waals surface area contributed by atoms with Gasteiger partial charge in [0.25, 0.3) is 0 Å². The van der Waals surface area contributed by atoms with Crippen molar-refractivity contribution < 1.29 is 9.59 Å². The Labute approximate surface area is 183 Å². The molecule has 3 rings (SSSR count). The van der Waals surface area contributed by atoms with Crippen molar-refractivity contribution in [3.63, 3.8) is 0 Å². The number of hydrogen-bond donors (Lipinski definition) is 1. The maximum atomic E-state index is 12.9. The molecule has 0 aliphatic rings. The first-order chi connectivity index (χ1) is 14.8. The van der Waals surface area contributed by atoms with E-state index in [0.717, 1.165) is 35.5 Å². The number of rotatable bonds is 9.